The van der Waals surface area contributed by atoms with Crippen LogP contribution >= 0.6 is 0 Å². The van der Waals surface area contributed by atoms with Gasteiger partial charge in [0.2, 0.25) is 0 Å². The second kappa shape index (κ2) is 14.8. The molecule has 3 aliphatic heterocycles. The number of rotatable bonds is 10. The number of carbonyl (C=O) groups excluding carboxylic acids is 1. The van der Waals surface area contributed by atoms with Gasteiger partial charge in [0.05, 0.1) is 31.0 Å². The number of ether oxygens (including phenoxy) is 2. The summed E-state index contributed by atoms with van der Waals surface area (Å²) in [5.41, 5.74) is 4.26. The lowest BCUT2D eigenvalue weighted by Crippen LogP contribution is -2.47. The maximum absolute atomic E-state index is 13.7. The van der Waals surface area contributed by atoms with E-state index in [1.54, 1.807) is 14.2 Å². The van der Waals surface area contributed by atoms with E-state index < -0.39 is 0 Å². The number of likely N-dealkylation sites (tertiary alicyclic amines) is 2. The van der Waals surface area contributed by atoms with Crippen LogP contribution in [0.3, 0.4) is 0 Å². The zero-order valence-electron chi connectivity index (χ0n) is 27.4. The first kappa shape index (κ1) is 31.6. The van der Waals surface area contributed by atoms with Gasteiger partial charge in [-0.3, -0.25) is 4.79 Å². The van der Waals surface area contributed by atoms with Crippen LogP contribution in [0.2, 0.25) is 0 Å². The number of methoxy groups -OCH3 is 2. The average Bonchev–Trinajstić information content (AvgIpc) is 3.10. The molecule has 0 atom stereocenters. The van der Waals surface area contributed by atoms with Gasteiger partial charge >= 0.3 is 0 Å². The summed E-state index contributed by atoms with van der Waals surface area (Å²) >= 11 is 0. The SMILES string of the molecule is COc1cc2nc(-c3ccc(N4CCN(C)CC4)cc3)cc(C(=O)NCCCN3CCC(N4CCCCC4)CC3)c2cc1OC. The van der Waals surface area contributed by atoms with Gasteiger partial charge in [0.25, 0.3) is 5.91 Å². The monoisotopic (exact) mass is 614 g/mol. The van der Waals surface area contributed by atoms with Crippen molar-refractivity contribution in [2.75, 3.05) is 91.6 Å². The Morgan fingerprint density at radius 2 is 1.56 bits per heavy atom. The van der Waals surface area contributed by atoms with E-state index in [9.17, 15) is 4.79 Å². The molecule has 3 fully saturated rings. The Kier molecular flexibility index (Phi) is 10.4. The van der Waals surface area contributed by atoms with Crippen LogP contribution in [0.1, 0.15) is 48.9 Å². The van der Waals surface area contributed by atoms with E-state index in [0.29, 0.717) is 29.1 Å². The quantitative estimate of drug-likeness (QED) is 0.329. The number of piperazine rings is 1. The number of nitrogens with zero attached hydrogens (tertiary/aromatic N) is 5. The number of carbonyl (C=O) groups is 1. The van der Waals surface area contributed by atoms with Crippen molar-refractivity contribution in [3.8, 4) is 22.8 Å². The number of amides is 1. The van der Waals surface area contributed by atoms with E-state index in [4.69, 9.17) is 14.5 Å². The predicted molar refractivity (Wildman–Crippen MR) is 182 cm³/mol. The van der Waals surface area contributed by atoms with Gasteiger partial charge in [-0.2, -0.15) is 0 Å². The lowest BCUT2D eigenvalue weighted by Gasteiger charge is -2.40. The standard InChI is InChI=1S/C36H50N6O3/c1-39-20-22-42(23-21-39)28-10-8-27(9-11-28)32-24-31(30-25-34(44-2)35(45-3)26-33(30)38-32)36(43)37-14-7-15-40-18-12-29(13-19-40)41-16-5-4-6-17-41/h8-11,24-26,29H,4-7,12-23H2,1-3H3,(H,37,43). The summed E-state index contributed by atoms with van der Waals surface area (Å²) in [4.78, 5) is 28.8. The van der Waals surface area contributed by atoms with Gasteiger partial charge in [0.1, 0.15) is 0 Å². The highest BCUT2D eigenvalue weighted by Crippen LogP contribution is 2.35. The molecule has 3 saturated heterocycles. The molecule has 9 heteroatoms. The molecule has 0 aliphatic carbocycles. The normalized spacial score (nSPS) is 19.1. The third-order valence-electron chi connectivity index (χ3n) is 9.99. The van der Waals surface area contributed by atoms with Gasteiger partial charge in [-0.1, -0.05) is 18.6 Å². The van der Waals surface area contributed by atoms with Crippen molar-refractivity contribution in [1.82, 2.24) is 25.0 Å². The number of nitrogens with one attached hydrogen (secondary N) is 1. The summed E-state index contributed by atoms with van der Waals surface area (Å²) in [6, 6.07) is 14.9. The lowest BCUT2D eigenvalue weighted by molar-refractivity contribution is 0.0903. The van der Waals surface area contributed by atoms with Crippen LogP contribution < -0.4 is 19.7 Å². The van der Waals surface area contributed by atoms with Crippen LogP contribution in [0.4, 0.5) is 5.69 Å². The van der Waals surface area contributed by atoms with Crippen LogP contribution in [0.15, 0.2) is 42.5 Å². The van der Waals surface area contributed by atoms with Gasteiger partial charge < -0.3 is 34.4 Å². The number of piperidine rings is 2. The lowest BCUT2D eigenvalue weighted by atomic mass is 10.00. The highest BCUT2D eigenvalue weighted by atomic mass is 16.5. The number of likely N-dealkylation sites (N-methyl/N-ethyl adjacent to an activating group) is 1. The van der Waals surface area contributed by atoms with Crippen molar-refractivity contribution in [3.05, 3.63) is 48.0 Å². The average molecular weight is 615 g/mol. The molecule has 45 heavy (non-hydrogen) atoms. The molecule has 1 aromatic heterocycles. The van der Waals surface area contributed by atoms with Gasteiger partial charge in [-0.05, 0) is 96.1 Å². The number of pyridine rings is 1. The summed E-state index contributed by atoms with van der Waals surface area (Å²) in [6.45, 7) is 10.7. The molecule has 0 spiro atoms. The molecular formula is C36H50N6O3. The Bertz CT molecular complexity index is 1420. The Balaban J connectivity index is 1.13. The molecule has 1 N–H and O–H groups in total. The fourth-order valence-electron chi connectivity index (χ4n) is 7.19. The fourth-order valence-corrected chi connectivity index (χ4v) is 7.19. The van der Waals surface area contributed by atoms with Crippen molar-refractivity contribution < 1.29 is 14.3 Å². The topological polar surface area (TPSA) is 73.4 Å². The summed E-state index contributed by atoms with van der Waals surface area (Å²) in [5, 5.41) is 3.96. The largest absolute Gasteiger partial charge is 0.493 e. The maximum Gasteiger partial charge on any atom is 0.252 e. The molecule has 1 amide bonds. The number of benzene rings is 2. The summed E-state index contributed by atoms with van der Waals surface area (Å²) < 4.78 is 11.2. The second-order valence-corrected chi connectivity index (χ2v) is 12.9. The van der Waals surface area contributed by atoms with Gasteiger partial charge in [-0.15, -0.1) is 0 Å². The highest BCUT2D eigenvalue weighted by molar-refractivity contribution is 6.08. The van der Waals surface area contributed by atoms with Crippen molar-refractivity contribution in [2.24, 2.45) is 0 Å². The molecule has 0 saturated carbocycles. The number of anilines is 1. The molecule has 3 aromatic rings. The number of fused-ring (bicyclic) bond motifs is 1. The van der Waals surface area contributed by atoms with E-state index in [2.05, 4.69) is 56.2 Å². The van der Waals surface area contributed by atoms with Crippen molar-refractivity contribution in [3.63, 3.8) is 0 Å². The zero-order valence-corrected chi connectivity index (χ0v) is 27.4. The Morgan fingerprint density at radius 3 is 2.24 bits per heavy atom. The molecule has 4 heterocycles. The van der Waals surface area contributed by atoms with E-state index >= 15 is 0 Å². The third kappa shape index (κ3) is 7.54. The summed E-state index contributed by atoms with van der Waals surface area (Å²) in [7, 11) is 5.40. The van der Waals surface area contributed by atoms with E-state index in [1.165, 1.54) is 50.9 Å². The molecule has 3 aliphatic rings. The molecule has 0 bridgehead atoms. The van der Waals surface area contributed by atoms with Crippen LogP contribution in [0.25, 0.3) is 22.2 Å². The van der Waals surface area contributed by atoms with Gasteiger partial charge in [0, 0.05) is 61.5 Å². The molecular weight excluding hydrogens is 564 g/mol. The first-order chi connectivity index (χ1) is 22.0. The molecule has 0 unspecified atom stereocenters. The molecule has 242 valence electrons. The summed E-state index contributed by atoms with van der Waals surface area (Å²) in [6.07, 6.45) is 7.57. The van der Waals surface area contributed by atoms with Crippen LogP contribution in [-0.4, -0.2) is 118 Å². The minimum atomic E-state index is -0.0891. The number of hydrogen-bond acceptors (Lipinski definition) is 8. The Labute approximate surface area is 268 Å². The fraction of sp³-hybridized carbons (Fsp3) is 0.556. The third-order valence-corrected chi connectivity index (χ3v) is 9.99. The smallest absolute Gasteiger partial charge is 0.252 e. The minimum absolute atomic E-state index is 0.0891. The van der Waals surface area contributed by atoms with E-state index in [1.807, 2.05) is 18.2 Å². The number of aromatic nitrogens is 1. The first-order valence-corrected chi connectivity index (χ1v) is 16.9. The van der Waals surface area contributed by atoms with Crippen LogP contribution in [0, 0.1) is 0 Å². The van der Waals surface area contributed by atoms with Crippen LogP contribution in [-0.2, 0) is 0 Å². The second-order valence-electron chi connectivity index (χ2n) is 12.9. The highest BCUT2D eigenvalue weighted by Gasteiger charge is 2.25. The summed E-state index contributed by atoms with van der Waals surface area (Å²) in [5.74, 6) is 1.09. The first-order valence-electron chi connectivity index (χ1n) is 16.9. The van der Waals surface area contributed by atoms with E-state index in [0.717, 1.165) is 74.9 Å². The molecule has 2 aromatic carbocycles. The van der Waals surface area contributed by atoms with E-state index in [-0.39, 0.29) is 5.91 Å². The van der Waals surface area contributed by atoms with Crippen molar-refractivity contribution in [2.45, 2.75) is 44.6 Å². The zero-order chi connectivity index (χ0) is 31.2. The van der Waals surface area contributed by atoms with Gasteiger partial charge in [0.15, 0.2) is 11.5 Å². The molecule has 0 radical (unpaired) electrons. The van der Waals surface area contributed by atoms with Crippen LogP contribution in [0.5, 0.6) is 11.5 Å². The van der Waals surface area contributed by atoms with Crippen molar-refractivity contribution in [1.29, 1.82) is 0 Å². The molecule has 9 nitrogen and oxygen atoms in total. The van der Waals surface area contributed by atoms with Gasteiger partial charge in [-0.25, -0.2) is 4.98 Å². The maximum atomic E-state index is 13.7. The van der Waals surface area contributed by atoms with Crippen molar-refractivity contribution >= 4 is 22.5 Å². The molecule has 6 rings (SSSR count). The Hall–Kier alpha value is -3.40. The predicted octanol–water partition coefficient (Wildman–Crippen LogP) is 4.74. The Morgan fingerprint density at radius 1 is 0.867 bits per heavy atom. The minimum Gasteiger partial charge on any atom is -0.493 e. The number of hydrogen-bond donors (Lipinski definition) is 1.